The molecule has 0 aromatic carbocycles. The van der Waals surface area contributed by atoms with E-state index in [0.29, 0.717) is 24.2 Å². The molecule has 0 spiro atoms. The fourth-order valence-electron chi connectivity index (χ4n) is 2.44. The molecule has 104 valence electrons. The molecule has 0 unspecified atom stereocenters. The standard InChI is InChI=1S/C13H18FN3O2/c1-8-6-9(2)17(13(19)15-8)7-12(18)16-11-5-3-4-10(11)14/h6,10-11H,3-5,7H2,1-2H3,(H,16,18)/t10-,11+/m1/s1. The number of aromatic nitrogens is 2. The Kier molecular flexibility index (Phi) is 3.97. The number of carbonyl (C=O) groups excluding carboxylic acids is 1. The van der Waals surface area contributed by atoms with Crippen LogP contribution in [-0.2, 0) is 11.3 Å². The Balaban J connectivity index is 2.05. The number of halogens is 1. The van der Waals surface area contributed by atoms with Gasteiger partial charge in [0.2, 0.25) is 5.91 Å². The van der Waals surface area contributed by atoms with E-state index < -0.39 is 17.9 Å². The zero-order valence-electron chi connectivity index (χ0n) is 11.1. The van der Waals surface area contributed by atoms with E-state index in [1.54, 1.807) is 19.9 Å². The topological polar surface area (TPSA) is 64.0 Å². The molecule has 1 aliphatic carbocycles. The Bertz CT molecular complexity index is 541. The Morgan fingerprint density at radius 2 is 2.26 bits per heavy atom. The van der Waals surface area contributed by atoms with E-state index in [4.69, 9.17) is 0 Å². The van der Waals surface area contributed by atoms with Crippen LogP contribution in [0.15, 0.2) is 10.9 Å². The molecule has 0 bridgehead atoms. The average Bonchev–Trinajstić information content (AvgIpc) is 2.69. The molecule has 1 fully saturated rings. The van der Waals surface area contributed by atoms with E-state index in [-0.39, 0.29) is 12.5 Å². The number of rotatable bonds is 3. The van der Waals surface area contributed by atoms with Crippen molar-refractivity contribution in [1.29, 1.82) is 0 Å². The number of hydrogen-bond donors (Lipinski definition) is 1. The van der Waals surface area contributed by atoms with Crippen LogP contribution in [0.5, 0.6) is 0 Å². The number of aryl methyl sites for hydroxylation is 2. The second-order valence-electron chi connectivity index (χ2n) is 5.03. The highest BCUT2D eigenvalue weighted by atomic mass is 19.1. The second-order valence-corrected chi connectivity index (χ2v) is 5.03. The normalized spacial score (nSPS) is 22.5. The lowest BCUT2D eigenvalue weighted by Gasteiger charge is -2.16. The molecule has 5 nitrogen and oxygen atoms in total. The molecular weight excluding hydrogens is 249 g/mol. The maximum atomic E-state index is 13.4. The summed E-state index contributed by atoms with van der Waals surface area (Å²) in [6.45, 7) is 3.36. The predicted octanol–water partition coefficient (Wildman–Crippen LogP) is 0.867. The number of alkyl halides is 1. The van der Waals surface area contributed by atoms with Crippen molar-refractivity contribution in [3.8, 4) is 0 Å². The van der Waals surface area contributed by atoms with Gasteiger partial charge in [-0.25, -0.2) is 9.18 Å². The Labute approximate surface area is 110 Å². The summed E-state index contributed by atoms with van der Waals surface area (Å²) in [7, 11) is 0. The first-order valence-electron chi connectivity index (χ1n) is 6.46. The van der Waals surface area contributed by atoms with Crippen LogP contribution in [0.1, 0.15) is 30.7 Å². The number of nitrogens with zero attached hydrogens (tertiary/aromatic N) is 2. The monoisotopic (exact) mass is 267 g/mol. The SMILES string of the molecule is Cc1cc(C)n(CC(=O)N[C@H]2CCC[C@H]2F)c(=O)n1. The van der Waals surface area contributed by atoms with Gasteiger partial charge in [0.1, 0.15) is 12.7 Å². The highest BCUT2D eigenvalue weighted by molar-refractivity contribution is 5.76. The van der Waals surface area contributed by atoms with Crippen molar-refractivity contribution < 1.29 is 9.18 Å². The molecule has 0 aliphatic heterocycles. The third-order valence-electron chi connectivity index (χ3n) is 3.43. The van der Waals surface area contributed by atoms with Crippen LogP contribution in [0.25, 0.3) is 0 Å². The van der Waals surface area contributed by atoms with Crippen LogP contribution in [0.4, 0.5) is 4.39 Å². The summed E-state index contributed by atoms with van der Waals surface area (Å²) in [5.74, 6) is -0.342. The van der Waals surface area contributed by atoms with Crippen molar-refractivity contribution in [3.63, 3.8) is 0 Å². The highest BCUT2D eigenvalue weighted by Gasteiger charge is 2.28. The first-order valence-corrected chi connectivity index (χ1v) is 6.46. The van der Waals surface area contributed by atoms with Gasteiger partial charge in [0, 0.05) is 11.4 Å². The van der Waals surface area contributed by atoms with E-state index in [1.807, 2.05) is 0 Å². The summed E-state index contributed by atoms with van der Waals surface area (Å²) in [4.78, 5) is 27.3. The molecule has 1 aliphatic rings. The summed E-state index contributed by atoms with van der Waals surface area (Å²) >= 11 is 0. The zero-order chi connectivity index (χ0) is 14.0. The lowest BCUT2D eigenvalue weighted by molar-refractivity contribution is -0.122. The van der Waals surface area contributed by atoms with E-state index >= 15 is 0 Å². The van der Waals surface area contributed by atoms with Gasteiger partial charge in [-0.2, -0.15) is 4.98 Å². The predicted molar refractivity (Wildman–Crippen MR) is 68.6 cm³/mol. The Morgan fingerprint density at radius 1 is 1.53 bits per heavy atom. The van der Waals surface area contributed by atoms with Gasteiger partial charge in [0.05, 0.1) is 6.04 Å². The van der Waals surface area contributed by atoms with E-state index in [0.717, 1.165) is 6.42 Å². The molecule has 1 heterocycles. The number of nitrogens with one attached hydrogen (secondary N) is 1. The molecular formula is C13H18FN3O2. The van der Waals surface area contributed by atoms with Gasteiger partial charge in [-0.3, -0.25) is 9.36 Å². The molecule has 1 amide bonds. The van der Waals surface area contributed by atoms with Gasteiger partial charge in [-0.1, -0.05) is 0 Å². The largest absolute Gasteiger partial charge is 0.349 e. The van der Waals surface area contributed by atoms with Gasteiger partial charge in [-0.15, -0.1) is 0 Å². The van der Waals surface area contributed by atoms with Crippen LogP contribution in [0, 0.1) is 13.8 Å². The minimum absolute atomic E-state index is 0.110. The van der Waals surface area contributed by atoms with Gasteiger partial charge >= 0.3 is 5.69 Å². The minimum atomic E-state index is -0.974. The van der Waals surface area contributed by atoms with E-state index in [1.165, 1.54) is 4.57 Å². The fourth-order valence-corrected chi connectivity index (χ4v) is 2.44. The van der Waals surface area contributed by atoms with Gasteiger partial charge < -0.3 is 5.32 Å². The number of amides is 1. The quantitative estimate of drug-likeness (QED) is 0.883. The molecule has 1 aromatic rings. The van der Waals surface area contributed by atoms with Gasteiger partial charge in [0.25, 0.3) is 0 Å². The summed E-state index contributed by atoms with van der Waals surface area (Å²) < 4.78 is 14.7. The molecule has 6 heteroatoms. The summed E-state index contributed by atoms with van der Waals surface area (Å²) in [5.41, 5.74) is 0.852. The van der Waals surface area contributed by atoms with Crippen molar-refractivity contribution in [2.24, 2.45) is 0 Å². The average molecular weight is 267 g/mol. The lowest BCUT2D eigenvalue weighted by atomic mass is 10.2. The van der Waals surface area contributed by atoms with Crippen molar-refractivity contribution in [2.75, 3.05) is 0 Å². The van der Waals surface area contributed by atoms with Crippen LogP contribution in [-0.4, -0.2) is 27.7 Å². The minimum Gasteiger partial charge on any atom is -0.349 e. The number of hydrogen-bond acceptors (Lipinski definition) is 3. The summed E-state index contributed by atoms with van der Waals surface area (Å²) in [6.07, 6.45) is 0.970. The molecule has 2 rings (SSSR count). The van der Waals surface area contributed by atoms with E-state index in [9.17, 15) is 14.0 Å². The smallest absolute Gasteiger partial charge is 0.348 e. The third kappa shape index (κ3) is 3.19. The maximum Gasteiger partial charge on any atom is 0.348 e. The third-order valence-corrected chi connectivity index (χ3v) is 3.43. The van der Waals surface area contributed by atoms with Gasteiger partial charge in [0.15, 0.2) is 0 Å². The number of carbonyl (C=O) groups is 1. The second kappa shape index (κ2) is 5.50. The van der Waals surface area contributed by atoms with Crippen molar-refractivity contribution in [1.82, 2.24) is 14.9 Å². The highest BCUT2D eigenvalue weighted by Crippen LogP contribution is 2.21. The molecule has 0 saturated heterocycles. The Morgan fingerprint density at radius 3 is 2.84 bits per heavy atom. The van der Waals surface area contributed by atoms with Crippen LogP contribution in [0.3, 0.4) is 0 Å². The maximum absolute atomic E-state index is 13.4. The summed E-state index contributed by atoms with van der Waals surface area (Å²) in [5, 5.41) is 2.64. The van der Waals surface area contributed by atoms with Crippen molar-refractivity contribution >= 4 is 5.91 Å². The molecule has 1 aromatic heterocycles. The molecule has 1 N–H and O–H groups in total. The summed E-state index contributed by atoms with van der Waals surface area (Å²) in [6, 6.07) is 1.32. The zero-order valence-corrected chi connectivity index (χ0v) is 11.1. The van der Waals surface area contributed by atoms with E-state index in [2.05, 4.69) is 10.3 Å². The Hall–Kier alpha value is -1.72. The molecule has 2 atom stereocenters. The van der Waals surface area contributed by atoms with Crippen LogP contribution in [0.2, 0.25) is 0 Å². The fraction of sp³-hybridized carbons (Fsp3) is 0.615. The van der Waals surface area contributed by atoms with Crippen molar-refractivity contribution in [3.05, 3.63) is 27.9 Å². The molecule has 1 saturated carbocycles. The van der Waals surface area contributed by atoms with Crippen LogP contribution < -0.4 is 11.0 Å². The van der Waals surface area contributed by atoms with Crippen molar-refractivity contribution in [2.45, 2.75) is 51.9 Å². The molecule has 19 heavy (non-hydrogen) atoms. The molecule has 0 radical (unpaired) electrons. The lowest BCUT2D eigenvalue weighted by Crippen LogP contribution is -2.42. The van der Waals surface area contributed by atoms with Gasteiger partial charge in [-0.05, 0) is 39.2 Å². The first-order chi connectivity index (χ1) is 8.97. The van der Waals surface area contributed by atoms with Crippen LogP contribution >= 0.6 is 0 Å². The first kappa shape index (κ1) is 13.7.